The number of likely N-dealkylation sites (tertiary alicyclic amines) is 1. The molecule has 40 heavy (non-hydrogen) atoms. The van der Waals surface area contributed by atoms with Crippen LogP contribution in [-0.2, 0) is 35.2 Å². The number of hydrogen-bond acceptors (Lipinski definition) is 7. The van der Waals surface area contributed by atoms with E-state index in [4.69, 9.17) is 11.5 Å². The lowest BCUT2D eigenvalue weighted by Crippen LogP contribution is -2.70. The van der Waals surface area contributed by atoms with Crippen LogP contribution < -0.4 is 22.1 Å². The van der Waals surface area contributed by atoms with Crippen molar-refractivity contribution in [2.45, 2.75) is 71.0 Å². The third-order valence-corrected chi connectivity index (χ3v) is 6.87. The minimum Gasteiger partial charge on any atom is -0.370 e. The Bertz CT molecular complexity index is 1350. The van der Waals surface area contributed by atoms with Gasteiger partial charge >= 0.3 is 0 Å². The van der Waals surface area contributed by atoms with Gasteiger partial charge in [0.25, 0.3) is 11.8 Å². The van der Waals surface area contributed by atoms with E-state index in [9.17, 15) is 28.8 Å². The third kappa shape index (κ3) is 6.90. The number of primary amides is 1. The van der Waals surface area contributed by atoms with E-state index in [1.165, 1.54) is 6.92 Å². The molecule has 0 unspecified atom stereocenters. The number of Topliss-reactive ketones (excluding diaryl/α,β-unsaturated/α-hetero) is 1. The van der Waals surface area contributed by atoms with Gasteiger partial charge in [0.15, 0.2) is 11.3 Å². The summed E-state index contributed by atoms with van der Waals surface area (Å²) in [5.41, 5.74) is 9.77. The molecule has 0 aromatic heterocycles. The molecular formula is C29H37N5O6. The predicted molar refractivity (Wildman–Crippen MR) is 148 cm³/mol. The topological polar surface area (TPSA) is 182 Å². The first kappa shape index (κ1) is 30.4. The standard InChI is InChI=1S/C29H37N5O6/c1-28(2,3)16-32-27(40)29(4)22(35)11-12-24(37)34(29)26(39)21(15-23(31)36)33-25(38)20(30)14-17-9-10-18-7-5-6-8-19(18)13-17/h5-10,13,20-21H,11-12,14-16,30H2,1-4H3,(H2,31,36)(H,32,40)(H,33,38)/t20-,21-,29+/m0/s1. The van der Waals surface area contributed by atoms with E-state index in [1.807, 2.05) is 63.2 Å². The number of imide groups is 1. The summed E-state index contributed by atoms with van der Waals surface area (Å²) in [5, 5.41) is 7.05. The molecule has 0 spiro atoms. The predicted octanol–water partition coefficient (Wildman–Crippen LogP) is 0.709. The van der Waals surface area contributed by atoms with E-state index >= 15 is 0 Å². The molecule has 3 atom stereocenters. The Morgan fingerprint density at radius 1 is 1.02 bits per heavy atom. The largest absolute Gasteiger partial charge is 0.370 e. The summed E-state index contributed by atoms with van der Waals surface area (Å²) in [6, 6.07) is 10.6. The van der Waals surface area contributed by atoms with Crippen molar-refractivity contribution >= 4 is 46.1 Å². The first-order valence-corrected chi connectivity index (χ1v) is 13.1. The second kappa shape index (κ2) is 12.0. The molecule has 3 rings (SSSR count). The Kier molecular flexibility index (Phi) is 9.09. The fraction of sp³-hybridized carbons (Fsp3) is 0.448. The molecule has 0 saturated carbocycles. The molecule has 5 amide bonds. The van der Waals surface area contributed by atoms with Gasteiger partial charge in [0.2, 0.25) is 17.7 Å². The van der Waals surface area contributed by atoms with Gasteiger partial charge in [0.05, 0.1) is 12.5 Å². The van der Waals surface area contributed by atoms with Crippen LogP contribution in [0, 0.1) is 5.41 Å². The molecule has 2 aromatic rings. The Balaban J connectivity index is 1.83. The van der Waals surface area contributed by atoms with Gasteiger partial charge in [-0.3, -0.25) is 33.7 Å². The second-order valence-electron chi connectivity index (χ2n) is 11.5. The Morgan fingerprint density at radius 3 is 2.30 bits per heavy atom. The number of nitrogens with one attached hydrogen (secondary N) is 2. The summed E-state index contributed by atoms with van der Waals surface area (Å²) in [5.74, 6) is -5.02. The lowest BCUT2D eigenvalue weighted by Gasteiger charge is -2.42. The summed E-state index contributed by atoms with van der Waals surface area (Å²) < 4.78 is 0. The Morgan fingerprint density at radius 2 is 1.68 bits per heavy atom. The number of rotatable bonds is 9. The number of carbonyl (C=O) groups excluding carboxylic acids is 6. The lowest BCUT2D eigenvalue weighted by atomic mass is 9.84. The van der Waals surface area contributed by atoms with Crippen LogP contribution >= 0.6 is 0 Å². The second-order valence-corrected chi connectivity index (χ2v) is 11.5. The first-order valence-electron chi connectivity index (χ1n) is 13.1. The fourth-order valence-electron chi connectivity index (χ4n) is 4.59. The molecule has 0 bridgehead atoms. The van der Waals surface area contributed by atoms with Gasteiger partial charge in [-0.05, 0) is 35.1 Å². The third-order valence-electron chi connectivity index (χ3n) is 6.87. The maximum Gasteiger partial charge on any atom is 0.253 e. The number of carbonyl (C=O) groups is 6. The van der Waals surface area contributed by atoms with Crippen LogP contribution in [0.15, 0.2) is 42.5 Å². The molecule has 1 saturated heterocycles. The molecule has 214 valence electrons. The van der Waals surface area contributed by atoms with Crippen molar-refractivity contribution in [1.29, 1.82) is 0 Å². The zero-order chi connectivity index (χ0) is 29.8. The highest BCUT2D eigenvalue weighted by molar-refractivity contribution is 6.20. The van der Waals surface area contributed by atoms with Gasteiger partial charge in [-0.1, -0.05) is 63.2 Å². The Hall–Kier alpha value is -4.12. The summed E-state index contributed by atoms with van der Waals surface area (Å²) >= 11 is 0. The van der Waals surface area contributed by atoms with Gasteiger partial charge in [0.1, 0.15) is 6.04 Å². The monoisotopic (exact) mass is 551 g/mol. The van der Waals surface area contributed by atoms with Crippen molar-refractivity contribution in [3.63, 3.8) is 0 Å². The van der Waals surface area contributed by atoms with Crippen molar-refractivity contribution in [3.05, 3.63) is 48.0 Å². The maximum absolute atomic E-state index is 13.7. The molecule has 1 aliphatic rings. The van der Waals surface area contributed by atoms with Crippen molar-refractivity contribution in [1.82, 2.24) is 15.5 Å². The van der Waals surface area contributed by atoms with Crippen LogP contribution in [0.2, 0.25) is 0 Å². The molecule has 1 fully saturated rings. The summed E-state index contributed by atoms with van der Waals surface area (Å²) in [4.78, 5) is 78.4. The van der Waals surface area contributed by atoms with E-state index in [2.05, 4.69) is 10.6 Å². The number of fused-ring (bicyclic) bond motifs is 1. The molecule has 1 heterocycles. The normalized spacial score (nSPS) is 19.2. The van der Waals surface area contributed by atoms with Crippen molar-refractivity contribution < 1.29 is 28.8 Å². The minimum atomic E-state index is -2.16. The van der Waals surface area contributed by atoms with Crippen LogP contribution in [0.1, 0.15) is 52.5 Å². The van der Waals surface area contributed by atoms with E-state index in [0.29, 0.717) is 4.90 Å². The highest BCUT2D eigenvalue weighted by Crippen LogP contribution is 2.28. The average molecular weight is 552 g/mol. The van der Waals surface area contributed by atoms with Crippen LogP contribution in [-0.4, -0.2) is 64.4 Å². The van der Waals surface area contributed by atoms with Gasteiger partial charge in [-0.2, -0.15) is 0 Å². The number of piperidine rings is 1. The molecule has 1 aliphatic heterocycles. The summed E-state index contributed by atoms with van der Waals surface area (Å²) in [6.45, 7) is 6.97. The molecule has 11 heteroatoms. The summed E-state index contributed by atoms with van der Waals surface area (Å²) in [7, 11) is 0. The molecular weight excluding hydrogens is 514 g/mol. The zero-order valence-corrected chi connectivity index (χ0v) is 23.3. The van der Waals surface area contributed by atoms with E-state index in [0.717, 1.165) is 16.3 Å². The molecule has 11 nitrogen and oxygen atoms in total. The van der Waals surface area contributed by atoms with Crippen LogP contribution in [0.5, 0.6) is 0 Å². The van der Waals surface area contributed by atoms with Gasteiger partial charge in [-0.15, -0.1) is 0 Å². The molecule has 0 aliphatic carbocycles. The van der Waals surface area contributed by atoms with Gasteiger partial charge < -0.3 is 22.1 Å². The minimum absolute atomic E-state index is 0.127. The SMILES string of the molecule is CC(C)(C)CNC(=O)[C@@]1(C)C(=O)CCC(=O)N1C(=O)[C@H](CC(N)=O)NC(=O)[C@@H](N)Cc1ccc2ccccc2c1. The van der Waals surface area contributed by atoms with E-state index < -0.39 is 59.4 Å². The van der Waals surface area contributed by atoms with Crippen molar-refractivity contribution in [2.75, 3.05) is 6.54 Å². The van der Waals surface area contributed by atoms with E-state index in [-0.39, 0.29) is 31.2 Å². The van der Waals surface area contributed by atoms with E-state index in [1.54, 1.807) is 0 Å². The average Bonchev–Trinajstić information content (AvgIpc) is 2.88. The number of hydrogen-bond donors (Lipinski definition) is 4. The molecule has 2 aromatic carbocycles. The highest BCUT2D eigenvalue weighted by Gasteiger charge is 2.55. The van der Waals surface area contributed by atoms with Crippen molar-refractivity contribution in [2.24, 2.45) is 16.9 Å². The van der Waals surface area contributed by atoms with Crippen LogP contribution in [0.25, 0.3) is 10.8 Å². The molecule has 6 N–H and O–H groups in total. The first-order chi connectivity index (χ1) is 18.6. The Labute approximate surface area is 233 Å². The van der Waals surface area contributed by atoms with Crippen molar-refractivity contribution in [3.8, 4) is 0 Å². The maximum atomic E-state index is 13.7. The molecule has 0 radical (unpaired) electrons. The van der Waals surface area contributed by atoms with Gasteiger partial charge in [0, 0.05) is 19.4 Å². The van der Waals surface area contributed by atoms with Crippen LogP contribution in [0.3, 0.4) is 0 Å². The number of benzene rings is 2. The van der Waals surface area contributed by atoms with Gasteiger partial charge in [-0.25, -0.2) is 0 Å². The number of nitrogens with zero attached hydrogens (tertiary/aromatic N) is 1. The number of amides is 5. The number of ketones is 1. The lowest BCUT2D eigenvalue weighted by molar-refractivity contribution is -0.168. The zero-order valence-electron chi connectivity index (χ0n) is 23.3. The number of nitrogens with two attached hydrogens (primary N) is 2. The quantitative estimate of drug-likeness (QED) is 0.331. The summed E-state index contributed by atoms with van der Waals surface area (Å²) in [6.07, 6.45) is -1.07. The van der Waals surface area contributed by atoms with Crippen LogP contribution in [0.4, 0.5) is 0 Å². The fourth-order valence-corrected chi connectivity index (χ4v) is 4.59. The smallest absolute Gasteiger partial charge is 0.253 e. The highest BCUT2D eigenvalue weighted by atomic mass is 16.2.